The van der Waals surface area contributed by atoms with Crippen LogP contribution in [0.5, 0.6) is 0 Å². The molecule has 0 saturated carbocycles. The Kier molecular flexibility index (Phi) is 11.7. The van der Waals surface area contributed by atoms with Crippen molar-refractivity contribution in [2.24, 2.45) is 0 Å². The molecule has 9 heteroatoms. The van der Waals surface area contributed by atoms with Crippen LogP contribution in [0.2, 0.25) is 0 Å². The Morgan fingerprint density at radius 3 is 1.60 bits per heavy atom. The van der Waals surface area contributed by atoms with Gasteiger partial charge in [-0.3, -0.25) is 0 Å². The van der Waals surface area contributed by atoms with Crippen molar-refractivity contribution in [2.45, 2.75) is 13.8 Å². The molecule has 1 aliphatic heterocycles. The molecule has 6 aromatic rings. The number of hydrogen-bond acceptors (Lipinski definition) is 7. The molecular formula is C43H35N4OOsPS2+. The fourth-order valence-corrected chi connectivity index (χ4v) is 13.8. The fourth-order valence-electron chi connectivity index (χ4n) is 6.22. The van der Waals surface area contributed by atoms with E-state index >= 15 is 0 Å². The molecule has 0 N–H and O–H groups in total. The van der Waals surface area contributed by atoms with Crippen LogP contribution in [0.1, 0.15) is 23.6 Å². The molecule has 1 aliphatic rings. The number of benzene rings is 3. The van der Waals surface area contributed by atoms with E-state index in [1.807, 2.05) is 25.1 Å². The topological polar surface area (TPSA) is 60.8 Å². The van der Waals surface area contributed by atoms with Crippen molar-refractivity contribution in [3.8, 4) is 25.8 Å². The molecule has 52 heavy (non-hydrogen) atoms. The second-order valence-corrected chi connectivity index (χ2v) is 18.0. The molecule has 0 amide bonds. The van der Waals surface area contributed by atoms with E-state index in [4.69, 9.17) is 4.74 Å². The molecule has 3 aromatic carbocycles. The summed E-state index contributed by atoms with van der Waals surface area (Å²) < 4.78 is 9.76. The standard InChI is InChI=1S/C43H35N4OPS2.Os/c1-4-15-38-24-26-40(50-38)42-44-46-43(47-45-42)41-27-25-39(51-41)23-22-33(28-34-30-48-29-32(34)5-2)31(3)49(35-16-9-6-10-17-35,36-18-11-7-12-19-36)37-20-13-8-14-21-37;/h4-28H,29-30H2,1-2H3;/q+1;/b15-4+,23-22+,32-5?,33-31?,34-28?;. The molecule has 5 nitrogen and oxygen atoms in total. The quantitative estimate of drug-likeness (QED) is 0.101. The Morgan fingerprint density at radius 2 is 1.13 bits per heavy atom. The van der Waals surface area contributed by atoms with Gasteiger partial charge in [-0.2, -0.15) is 0 Å². The average Bonchev–Trinajstić information content (AvgIpc) is 3.99. The van der Waals surface area contributed by atoms with Gasteiger partial charge >= 0.3 is 273 Å². The Bertz CT molecular complexity index is 2260. The second kappa shape index (κ2) is 16.9. The van der Waals surface area contributed by atoms with Gasteiger partial charge in [-0.1, -0.05) is 6.08 Å². The predicted octanol–water partition coefficient (Wildman–Crippen LogP) is 9.43. The normalized spacial score (nSPS) is 15.5. The first-order valence-corrected chi connectivity index (χ1v) is 21.5. The second-order valence-electron chi connectivity index (χ2n) is 11.8. The zero-order valence-corrected chi connectivity index (χ0v) is 33.7. The molecule has 0 bridgehead atoms. The molecule has 257 valence electrons. The maximum atomic E-state index is 5.96. The molecule has 1 saturated heterocycles. The zero-order valence-electron chi connectivity index (χ0n) is 28.7. The van der Waals surface area contributed by atoms with E-state index in [2.05, 4.69) is 165 Å². The third-order valence-corrected chi connectivity index (χ3v) is 16.1. The van der Waals surface area contributed by atoms with Gasteiger partial charge in [0.15, 0.2) is 0 Å². The van der Waals surface area contributed by atoms with Crippen LogP contribution in [0.3, 0.4) is 0 Å². The first kappa shape index (κ1) is 35.9. The van der Waals surface area contributed by atoms with Crippen LogP contribution < -0.4 is 15.9 Å². The summed E-state index contributed by atoms with van der Waals surface area (Å²) in [5.41, 5.74) is 3.50. The van der Waals surface area contributed by atoms with Gasteiger partial charge in [0, 0.05) is 4.88 Å². The van der Waals surface area contributed by atoms with Crippen LogP contribution in [0.25, 0.3) is 33.6 Å². The molecule has 0 spiro atoms. The van der Waals surface area contributed by atoms with Gasteiger partial charge in [0.05, 0.1) is 4.88 Å². The number of rotatable bonds is 10. The summed E-state index contributed by atoms with van der Waals surface area (Å²) in [5, 5.41) is 22.8. The van der Waals surface area contributed by atoms with Crippen molar-refractivity contribution >= 4 is 58.0 Å². The van der Waals surface area contributed by atoms with Crippen molar-refractivity contribution in [3.63, 3.8) is 0 Å². The Labute approximate surface area is 323 Å². The van der Waals surface area contributed by atoms with Crippen LogP contribution in [0, 0.1) is 4.37 Å². The van der Waals surface area contributed by atoms with Gasteiger partial charge in [0.2, 0.25) is 0 Å². The van der Waals surface area contributed by atoms with Gasteiger partial charge in [0.25, 0.3) is 0 Å². The van der Waals surface area contributed by atoms with E-state index in [9.17, 15) is 0 Å². The molecule has 0 unspecified atom stereocenters. The minimum atomic E-state index is -2.42. The van der Waals surface area contributed by atoms with E-state index in [-0.39, 0.29) is 0 Å². The summed E-state index contributed by atoms with van der Waals surface area (Å²) in [6.07, 6.45) is 13.0. The number of nitrogens with zero attached hydrogens (tertiary/aromatic N) is 4. The van der Waals surface area contributed by atoms with Crippen molar-refractivity contribution in [1.82, 2.24) is 20.4 Å². The Hall–Kier alpha value is -4.49. The SMILES string of the molecule is CC=C1COCC1=CC(/C=C/c1ccc(-c2nnc(-c3ccc(/C=C/C)s3)nn2)s1)=C([C]#[Os])[P+](c1ccccc1)(c1ccccc1)c1ccccc1. The summed E-state index contributed by atoms with van der Waals surface area (Å²) in [4.78, 5) is 4.07. The number of aromatic nitrogens is 4. The number of hydrogen-bond donors (Lipinski definition) is 0. The maximum absolute atomic E-state index is 5.96. The molecule has 0 atom stereocenters. The third kappa shape index (κ3) is 7.52. The van der Waals surface area contributed by atoms with Crippen molar-refractivity contribution < 1.29 is 22.7 Å². The number of ether oxygens (including phenoxy) is 1. The van der Waals surface area contributed by atoms with Crippen molar-refractivity contribution in [1.29, 1.82) is 0 Å². The van der Waals surface area contributed by atoms with Gasteiger partial charge in [0.1, 0.15) is 0 Å². The van der Waals surface area contributed by atoms with Gasteiger partial charge in [-0.05, 0) is 25.1 Å². The van der Waals surface area contributed by atoms with E-state index < -0.39 is 7.26 Å². The van der Waals surface area contributed by atoms with E-state index in [1.54, 1.807) is 40.6 Å². The number of thiophene rings is 2. The van der Waals surface area contributed by atoms with Crippen LogP contribution in [-0.4, -0.2) is 33.6 Å². The Balaban J connectivity index is 1.36. The van der Waals surface area contributed by atoms with Crippen molar-refractivity contribution in [2.75, 3.05) is 13.2 Å². The van der Waals surface area contributed by atoms with Crippen LogP contribution in [0.4, 0.5) is 0 Å². The van der Waals surface area contributed by atoms with E-state index in [1.165, 1.54) is 32.4 Å². The molecule has 7 rings (SSSR count). The average molecular weight is 909 g/mol. The zero-order chi connectivity index (χ0) is 35.8. The molecular weight excluding hydrogens is 874 g/mol. The van der Waals surface area contributed by atoms with Crippen LogP contribution >= 0.6 is 29.9 Å². The molecule has 0 radical (unpaired) electrons. The minimum absolute atomic E-state index is 0.511. The Morgan fingerprint density at radius 1 is 0.654 bits per heavy atom. The van der Waals surface area contributed by atoms with Gasteiger partial charge in [-0.25, -0.2) is 0 Å². The predicted molar refractivity (Wildman–Crippen MR) is 217 cm³/mol. The summed E-state index contributed by atoms with van der Waals surface area (Å²) in [6, 6.07) is 41.0. The number of allylic oxidation sites excluding steroid dienone is 6. The van der Waals surface area contributed by atoms with Crippen LogP contribution in [-0.2, 0) is 22.7 Å². The van der Waals surface area contributed by atoms with E-state index in [0.717, 1.165) is 25.1 Å². The monoisotopic (exact) mass is 910 g/mol. The van der Waals surface area contributed by atoms with Crippen LogP contribution in [0.15, 0.2) is 162 Å². The third-order valence-electron chi connectivity index (χ3n) is 8.66. The molecule has 0 aliphatic carbocycles. The molecule has 4 heterocycles. The summed E-state index contributed by atoms with van der Waals surface area (Å²) in [7, 11) is -2.42. The summed E-state index contributed by atoms with van der Waals surface area (Å²) >= 11 is 5.03. The first-order chi connectivity index (χ1) is 25.6. The van der Waals surface area contributed by atoms with E-state index in [0.29, 0.717) is 24.9 Å². The van der Waals surface area contributed by atoms with Gasteiger partial charge < -0.3 is 0 Å². The molecule has 1 fully saturated rings. The summed E-state index contributed by atoms with van der Waals surface area (Å²) in [6.45, 7) is 5.28. The molecule has 3 aromatic heterocycles. The fraction of sp³-hybridized carbons (Fsp3) is 0.0930. The summed E-state index contributed by atoms with van der Waals surface area (Å²) in [5.74, 6) is 1.04. The first-order valence-electron chi connectivity index (χ1n) is 16.8. The van der Waals surface area contributed by atoms with Crippen molar-refractivity contribution in [3.05, 3.63) is 171 Å². The van der Waals surface area contributed by atoms with Gasteiger partial charge in [-0.15, -0.1) is 11.3 Å².